The Labute approximate surface area is 139 Å². The molecule has 2 unspecified atom stereocenters. The molecule has 2 atom stereocenters. The van der Waals surface area contributed by atoms with E-state index in [1.165, 1.54) is 36.8 Å². The molecule has 0 saturated carbocycles. The minimum atomic E-state index is 0. The average Bonchev–Trinajstić information content (AvgIpc) is 2.76. The van der Waals surface area contributed by atoms with Crippen molar-refractivity contribution in [3.05, 3.63) is 29.3 Å². The summed E-state index contributed by atoms with van der Waals surface area (Å²) in [5, 5.41) is 3.64. The molecule has 122 valence electrons. The highest BCUT2D eigenvalue weighted by molar-refractivity contribution is 5.93. The summed E-state index contributed by atoms with van der Waals surface area (Å²) >= 11 is 0. The van der Waals surface area contributed by atoms with Gasteiger partial charge in [0.1, 0.15) is 0 Å². The molecule has 0 aliphatic carbocycles. The molecular formula is C18H27ClN2O. The van der Waals surface area contributed by atoms with E-state index < -0.39 is 0 Å². The van der Waals surface area contributed by atoms with Gasteiger partial charge in [-0.1, -0.05) is 6.07 Å². The second kappa shape index (κ2) is 7.01. The van der Waals surface area contributed by atoms with Crippen LogP contribution in [0.2, 0.25) is 0 Å². The second-order valence-electron chi connectivity index (χ2n) is 6.98. The van der Waals surface area contributed by atoms with Gasteiger partial charge in [-0.15, -0.1) is 12.4 Å². The lowest BCUT2D eigenvalue weighted by Gasteiger charge is -2.30. The Morgan fingerprint density at radius 1 is 1.14 bits per heavy atom. The molecule has 3 nitrogen and oxygen atoms in total. The molecule has 3 rings (SSSR count). The minimum absolute atomic E-state index is 0. The fraction of sp³-hybridized carbons (Fsp3) is 0.611. The summed E-state index contributed by atoms with van der Waals surface area (Å²) in [6, 6.07) is 7.65. The number of fused-ring (bicyclic) bond motifs is 2. The standard InChI is InChI=1S/C18H26N2O.ClH/c1-12-6-13(2)8-17(7-12)20(3)18(21)11-14-9-15-4-5-16(10-14)19-15;/h6-8,14-16,19H,4-5,9-11H2,1-3H3;1H. The largest absolute Gasteiger partial charge is 0.315 e. The maximum absolute atomic E-state index is 12.6. The van der Waals surface area contributed by atoms with Crippen LogP contribution in [0, 0.1) is 19.8 Å². The van der Waals surface area contributed by atoms with Crippen LogP contribution in [0.3, 0.4) is 0 Å². The third-order valence-electron chi connectivity index (χ3n) is 5.00. The van der Waals surface area contributed by atoms with E-state index in [2.05, 4.69) is 37.4 Å². The lowest BCUT2D eigenvalue weighted by atomic mass is 9.89. The number of nitrogens with one attached hydrogen (secondary N) is 1. The molecule has 0 radical (unpaired) electrons. The fourth-order valence-electron chi connectivity index (χ4n) is 4.01. The molecule has 0 spiro atoms. The average molecular weight is 323 g/mol. The van der Waals surface area contributed by atoms with Crippen molar-refractivity contribution in [2.45, 2.75) is 58.0 Å². The van der Waals surface area contributed by atoms with E-state index in [0.29, 0.717) is 24.4 Å². The molecule has 1 aromatic carbocycles. The minimum Gasteiger partial charge on any atom is -0.315 e. The Kier molecular flexibility index (Phi) is 5.51. The van der Waals surface area contributed by atoms with Gasteiger partial charge in [0.15, 0.2) is 0 Å². The predicted octanol–water partition coefficient (Wildman–Crippen LogP) is 3.61. The molecular weight excluding hydrogens is 296 g/mol. The van der Waals surface area contributed by atoms with Gasteiger partial charge < -0.3 is 10.2 Å². The number of rotatable bonds is 3. The van der Waals surface area contributed by atoms with Crippen LogP contribution in [0.1, 0.15) is 43.2 Å². The van der Waals surface area contributed by atoms with Crippen molar-refractivity contribution < 1.29 is 4.79 Å². The molecule has 2 aliphatic rings. The maximum atomic E-state index is 12.6. The van der Waals surface area contributed by atoms with Crippen LogP contribution in [-0.4, -0.2) is 25.0 Å². The number of anilines is 1. The Morgan fingerprint density at radius 2 is 1.68 bits per heavy atom. The summed E-state index contributed by atoms with van der Waals surface area (Å²) in [4.78, 5) is 14.4. The van der Waals surface area contributed by atoms with E-state index in [1.54, 1.807) is 0 Å². The number of amides is 1. The first-order valence-electron chi connectivity index (χ1n) is 8.12. The normalized spacial score (nSPS) is 26.4. The van der Waals surface area contributed by atoms with E-state index in [-0.39, 0.29) is 18.3 Å². The van der Waals surface area contributed by atoms with Crippen LogP contribution in [0.15, 0.2) is 18.2 Å². The number of aryl methyl sites for hydroxylation is 2. The maximum Gasteiger partial charge on any atom is 0.226 e. The number of carbonyl (C=O) groups excluding carboxylic acids is 1. The lowest BCUT2D eigenvalue weighted by molar-refractivity contribution is -0.119. The van der Waals surface area contributed by atoms with E-state index in [4.69, 9.17) is 0 Å². The number of benzene rings is 1. The molecule has 0 aromatic heterocycles. The van der Waals surface area contributed by atoms with Crippen molar-refractivity contribution in [3.63, 3.8) is 0 Å². The van der Waals surface area contributed by atoms with Crippen LogP contribution in [0.25, 0.3) is 0 Å². The molecule has 1 aromatic rings. The molecule has 2 saturated heterocycles. The Bertz CT molecular complexity index is 514. The highest BCUT2D eigenvalue weighted by Crippen LogP contribution is 2.33. The Balaban J connectivity index is 0.00000176. The number of halogens is 1. The molecule has 2 aliphatic heterocycles. The van der Waals surface area contributed by atoms with Gasteiger partial charge in [0.05, 0.1) is 0 Å². The smallest absolute Gasteiger partial charge is 0.226 e. The summed E-state index contributed by atoms with van der Waals surface area (Å²) < 4.78 is 0. The zero-order valence-corrected chi connectivity index (χ0v) is 14.6. The van der Waals surface area contributed by atoms with Crippen LogP contribution in [-0.2, 0) is 4.79 Å². The number of hydrogen-bond acceptors (Lipinski definition) is 2. The zero-order chi connectivity index (χ0) is 15.0. The van der Waals surface area contributed by atoms with E-state index >= 15 is 0 Å². The molecule has 1 amide bonds. The predicted molar refractivity (Wildman–Crippen MR) is 93.9 cm³/mol. The molecule has 22 heavy (non-hydrogen) atoms. The van der Waals surface area contributed by atoms with Gasteiger partial charge in [-0.25, -0.2) is 0 Å². The molecule has 2 fully saturated rings. The SMILES string of the molecule is Cc1cc(C)cc(N(C)C(=O)CC2CC3CCC(C2)N3)c1.Cl. The first-order chi connectivity index (χ1) is 10.0. The lowest BCUT2D eigenvalue weighted by Crippen LogP contribution is -2.40. The highest BCUT2D eigenvalue weighted by atomic mass is 35.5. The van der Waals surface area contributed by atoms with Crippen molar-refractivity contribution in [3.8, 4) is 0 Å². The third kappa shape index (κ3) is 3.82. The van der Waals surface area contributed by atoms with Crippen molar-refractivity contribution in [1.29, 1.82) is 0 Å². The molecule has 2 bridgehead atoms. The monoisotopic (exact) mass is 322 g/mol. The highest BCUT2D eigenvalue weighted by Gasteiger charge is 2.34. The quantitative estimate of drug-likeness (QED) is 0.922. The van der Waals surface area contributed by atoms with Crippen LogP contribution in [0.4, 0.5) is 5.69 Å². The Hall–Kier alpha value is -1.06. The topological polar surface area (TPSA) is 32.3 Å². The van der Waals surface area contributed by atoms with Crippen molar-refractivity contribution in [2.24, 2.45) is 5.92 Å². The summed E-state index contributed by atoms with van der Waals surface area (Å²) in [7, 11) is 1.91. The first kappa shape index (κ1) is 17.3. The third-order valence-corrected chi connectivity index (χ3v) is 5.00. The first-order valence-corrected chi connectivity index (χ1v) is 8.12. The van der Waals surface area contributed by atoms with Gasteiger partial charge >= 0.3 is 0 Å². The van der Waals surface area contributed by atoms with E-state index in [9.17, 15) is 4.79 Å². The van der Waals surface area contributed by atoms with Gasteiger partial charge in [-0.3, -0.25) is 4.79 Å². The van der Waals surface area contributed by atoms with Crippen molar-refractivity contribution in [2.75, 3.05) is 11.9 Å². The molecule has 4 heteroatoms. The Morgan fingerprint density at radius 3 is 2.23 bits per heavy atom. The van der Waals surface area contributed by atoms with E-state index in [1.807, 2.05) is 11.9 Å². The van der Waals surface area contributed by atoms with Gasteiger partial charge in [0.2, 0.25) is 5.91 Å². The van der Waals surface area contributed by atoms with Crippen molar-refractivity contribution in [1.82, 2.24) is 5.32 Å². The van der Waals surface area contributed by atoms with Crippen LogP contribution in [0.5, 0.6) is 0 Å². The number of piperidine rings is 1. The van der Waals surface area contributed by atoms with Crippen LogP contribution < -0.4 is 10.2 Å². The number of hydrogen-bond donors (Lipinski definition) is 1. The fourth-order valence-corrected chi connectivity index (χ4v) is 4.01. The van der Waals surface area contributed by atoms with Crippen LogP contribution >= 0.6 is 12.4 Å². The van der Waals surface area contributed by atoms with Crippen molar-refractivity contribution >= 4 is 24.0 Å². The summed E-state index contributed by atoms with van der Waals surface area (Å²) in [6.45, 7) is 4.17. The zero-order valence-electron chi connectivity index (χ0n) is 13.8. The summed E-state index contributed by atoms with van der Waals surface area (Å²) in [6.07, 6.45) is 5.62. The second-order valence-corrected chi connectivity index (χ2v) is 6.98. The van der Waals surface area contributed by atoms with E-state index in [0.717, 1.165) is 5.69 Å². The summed E-state index contributed by atoms with van der Waals surface area (Å²) in [5.41, 5.74) is 3.45. The van der Waals surface area contributed by atoms with Gasteiger partial charge in [-0.2, -0.15) is 0 Å². The molecule has 2 heterocycles. The van der Waals surface area contributed by atoms with Gasteiger partial charge in [0.25, 0.3) is 0 Å². The summed E-state index contributed by atoms with van der Waals surface area (Å²) in [5.74, 6) is 0.816. The van der Waals surface area contributed by atoms with Gasteiger partial charge in [0, 0.05) is 31.2 Å². The molecule has 1 N–H and O–H groups in total. The number of carbonyl (C=O) groups is 1. The number of nitrogens with zero attached hydrogens (tertiary/aromatic N) is 1. The van der Waals surface area contributed by atoms with Gasteiger partial charge in [-0.05, 0) is 68.7 Å².